The van der Waals surface area contributed by atoms with E-state index in [2.05, 4.69) is 61.3 Å². The molecule has 0 saturated carbocycles. The lowest BCUT2D eigenvalue weighted by Crippen LogP contribution is -2.60. The number of carboxylic acid groups (broad SMARTS) is 1. The number of urea groups is 1. The third-order valence-corrected chi connectivity index (χ3v) is 23.4. The highest BCUT2D eigenvalue weighted by atomic mass is 32.1. The van der Waals surface area contributed by atoms with E-state index < -0.39 is 101 Å². The number of likely N-dealkylation sites (tertiary alicyclic amines) is 1. The number of nitrogens with two attached hydrogens (primary N) is 1. The first-order valence-electron chi connectivity index (χ1n) is 43.8. The van der Waals surface area contributed by atoms with Gasteiger partial charge in [0.05, 0.1) is 76.0 Å². The number of rotatable bonds is 54. The zero-order valence-electron chi connectivity index (χ0n) is 75.1. The first kappa shape index (κ1) is 102. The zero-order chi connectivity index (χ0) is 91.9. The molecular weight excluding hydrogens is 1640 g/mol. The molecule has 32 nitrogen and oxygen atoms in total. The maximum Gasteiger partial charge on any atom is 0.411 e. The molecule has 5 aromatic rings. The standard InChI is InChI=1S/C93H131N13O19S/c1-13-15-16-21-46-105(87(114)82(63(7)14-2)103-88(115)93(11)42-23-45-104(93)12)76(61(3)4)56-77(125-64(8)107)86-101-74(60-126-86)84(112)98-72(57-92(9,10)89(116)117)55-65-29-35-71(36-30-65)99-91(119)124-59-66-31-37-70(38-32-66)97-83(111)73(27-22-43-96-90(94)118)100-85(113)81(62(5)6)102-79(109)41-47-120-49-51-122-53-54-123-52-50-121-48-44-95-78(108)39-40-80(110)106-58-69-26-18-17-24-67(69)33-34-68-25-19-20-28-75(68)106/h17-20,24-26,28-32,35-38,60-63,72-73,76-77,81-82H,13-16,21-23,27,39-59H2,1-12H3,(H,95,108)(H,97,111)(H,98,112)(H,99,119)(H,100,113)(H,102,109)(H,103,115)(H,116,117)(H3,94,96,118)/t63-,72-,73-,76+,77+,81-,82-,93+/m0/s1. The SMILES string of the molecule is CCCCCCN(C(=O)[C@@H](NC(=O)[C@@]1(C)CCCN1C)[C@@H](C)CC)[C@H](C[C@@H](OC(C)=O)c1nc(C(=O)N[C@@H](Cc2ccc(NC(=O)OCc3ccc(NC(=O)[C@H](CCCNC(N)=O)NC(=O)[C@@H](NC(=O)CCOCCOCCOCCOCCNC(=O)CCC(=O)N4Cc5ccccc5C#Cc5ccccc54)C(C)C)cc3)cc2)CC(C)(C)C(=O)O)cs1)C(C)C. The number of benzene rings is 4. The van der Waals surface area contributed by atoms with Crippen LogP contribution in [-0.4, -0.2) is 213 Å². The van der Waals surface area contributed by atoms with E-state index in [9.17, 15) is 57.8 Å². The van der Waals surface area contributed by atoms with Gasteiger partial charge in [-0.1, -0.05) is 141 Å². The smallest absolute Gasteiger partial charge is 0.411 e. The van der Waals surface area contributed by atoms with E-state index in [1.54, 1.807) is 86.5 Å². The topological polar surface area (TPSA) is 425 Å². The molecule has 0 unspecified atom stereocenters. The van der Waals surface area contributed by atoms with Crippen LogP contribution in [0.4, 0.5) is 26.7 Å². The number of carbonyl (C=O) groups is 12. The Balaban J connectivity index is 0.822. The van der Waals surface area contributed by atoms with Gasteiger partial charge in [-0.25, -0.2) is 14.6 Å². The fourth-order valence-corrected chi connectivity index (χ4v) is 15.5. The number of anilines is 3. The number of aromatic nitrogens is 1. The molecule has 2 aliphatic heterocycles. The second-order valence-electron chi connectivity index (χ2n) is 33.5. The highest BCUT2D eigenvalue weighted by Gasteiger charge is 2.45. The first-order valence-corrected chi connectivity index (χ1v) is 44.7. The summed E-state index contributed by atoms with van der Waals surface area (Å²) in [6, 6.07) is 23.4. The Hall–Kier alpha value is -10.9. The van der Waals surface area contributed by atoms with E-state index in [0.717, 1.165) is 66.7 Å². The minimum Gasteiger partial charge on any atom is -0.481 e. The van der Waals surface area contributed by atoms with Gasteiger partial charge in [-0.2, -0.15) is 0 Å². The van der Waals surface area contributed by atoms with Crippen LogP contribution in [0.2, 0.25) is 0 Å². The molecule has 1 fully saturated rings. The summed E-state index contributed by atoms with van der Waals surface area (Å²) in [6.07, 6.45) is 4.62. The molecule has 688 valence electrons. The summed E-state index contributed by atoms with van der Waals surface area (Å²) in [7, 11) is 1.93. The number of ether oxygens (including phenoxy) is 6. The van der Waals surface area contributed by atoms with Crippen molar-refractivity contribution >= 4 is 99.7 Å². The average molecular weight is 1770 g/mol. The second kappa shape index (κ2) is 52.3. The number of carbonyl (C=O) groups excluding carboxylic acids is 11. The molecule has 0 bridgehead atoms. The van der Waals surface area contributed by atoms with Crippen molar-refractivity contribution < 1.29 is 91.1 Å². The largest absolute Gasteiger partial charge is 0.481 e. The molecule has 1 saturated heterocycles. The lowest BCUT2D eigenvalue weighted by atomic mass is 9.84. The highest BCUT2D eigenvalue weighted by molar-refractivity contribution is 7.09. The van der Waals surface area contributed by atoms with E-state index in [0.29, 0.717) is 72.3 Å². The second-order valence-corrected chi connectivity index (χ2v) is 34.4. The number of hydrogen-bond acceptors (Lipinski definition) is 21. The number of thiazole rings is 1. The Bertz CT molecular complexity index is 4480. The molecule has 11 amide bonds. The molecule has 33 heteroatoms. The Morgan fingerprint density at radius 2 is 1.31 bits per heavy atom. The maximum atomic E-state index is 15.2. The summed E-state index contributed by atoms with van der Waals surface area (Å²) >= 11 is 1.13. The van der Waals surface area contributed by atoms with Crippen molar-refractivity contribution in [2.45, 2.75) is 227 Å². The predicted molar refractivity (Wildman–Crippen MR) is 479 cm³/mol. The quantitative estimate of drug-likeness (QED) is 0.00982. The number of para-hydroxylation sites is 1. The number of aliphatic carboxylic acids is 1. The van der Waals surface area contributed by atoms with Gasteiger partial charge in [-0.05, 0) is 156 Å². The Morgan fingerprint density at radius 1 is 0.675 bits per heavy atom. The van der Waals surface area contributed by atoms with Crippen LogP contribution in [0.5, 0.6) is 0 Å². The van der Waals surface area contributed by atoms with Crippen molar-refractivity contribution in [3.05, 3.63) is 141 Å². The van der Waals surface area contributed by atoms with Gasteiger partial charge in [-0.15, -0.1) is 11.3 Å². The van der Waals surface area contributed by atoms with Gasteiger partial charge < -0.3 is 86.3 Å². The Kier molecular flexibility index (Phi) is 42.4. The molecule has 0 radical (unpaired) electrons. The number of nitrogens with one attached hydrogen (secondary N) is 8. The third kappa shape index (κ3) is 33.5. The predicted octanol–water partition coefficient (Wildman–Crippen LogP) is 10.5. The van der Waals surface area contributed by atoms with Crippen molar-refractivity contribution in [2.24, 2.45) is 28.9 Å². The molecule has 4 aromatic carbocycles. The number of primary amides is 1. The summed E-state index contributed by atoms with van der Waals surface area (Å²) in [5, 5.41) is 34.6. The minimum absolute atomic E-state index is 0.0123. The normalized spacial score (nSPS) is 15.3. The molecular formula is C93H131N13O19S. The lowest BCUT2D eigenvalue weighted by molar-refractivity contribution is -0.150. The Morgan fingerprint density at radius 3 is 1.94 bits per heavy atom. The average Bonchev–Trinajstić information content (AvgIpc) is 1.48. The number of likely N-dealkylation sites (N-methyl/N-ethyl adjacent to an activating group) is 1. The number of unbranched alkanes of at least 4 members (excludes halogenated alkanes) is 3. The fraction of sp³-hybridized carbons (Fsp3) is 0.559. The molecule has 126 heavy (non-hydrogen) atoms. The summed E-state index contributed by atoms with van der Waals surface area (Å²) in [4.78, 5) is 171. The molecule has 11 N–H and O–H groups in total. The van der Waals surface area contributed by atoms with E-state index >= 15 is 4.79 Å². The van der Waals surface area contributed by atoms with Gasteiger partial charge in [-0.3, -0.25) is 58.2 Å². The van der Waals surface area contributed by atoms with E-state index in [1.165, 1.54) is 6.92 Å². The highest BCUT2D eigenvalue weighted by Crippen LogP contribution is 2.35. The van der Waals surface area contributed by atoms with E-state index in [1.807, 2.05) is 100.0 Å². The van der Waals surface area contributed by atoms with Crippen molar-refractivity contribution in [1.82, 2.24) is 46.7 Å². The van der Waals surface area contributed by atoms with Crippen LogP contribution < -0.4 is 53.2 Å². The Labute approximate surface area is 744 Å². The van der Waals surface area contributed by atoms with E-state index in [-0.39, 0.29) is 152 Å². The molecule has 0 spiro atoms. The zero-order valence-corrected chi connectivity index (χ0v) is 75.9. The van der Waals surface area contributed by atoms with Crippen LogP contribution in [0, 0.1) is 35.0 Å². The van der Waals surface area contributed by atoms with Gasteiger partial charge >= 0.3 is 24.1 Å². The van der Waals surface area contributed by atoms with Gasteiger partial charge in [0, 0.05) is 92.2 Å². The summed E-state index contributed by atoms with van der Waals surface area (Å²) in [6.45, 7) is 23.5. The summed E-state index contributed by atoms with van der Waals surface area (Å²) in [5.74, 6) is 0.883. The number of esters is 1. The monoisotopic (exact) mass is 1770 g/mol. The number of amides is 11. The van der Waals surface area contributed by atoms with Crippen molar-refractivity contribution in [3.63, 3.8) is 0 Å². The molecule has 8 atom stereocenters. The molecule has 0 aliphatic carbocycles. The van der Waals surface area contributed by atoms with Crippen LogP contribution in [0.1, 0.15) is 215 Å². The van der Waals surface area contributed by atoms with Crippen molar-refractivity contribution in [3.8, 4) is 11.8 Å². The maximum absolute atomic E-state index is 15.2. The molecule has 1 aromatic heterocycles. The minimum atomic E-state index is -1.29. The van der Waals surface area contributed by atoms with Crippen LogP contribution in [0.15, 0.2) is 102 Å². The van der Waals surface area contributed by atoms with Crippen LogP contribution in [0.25, 0.3) is 0 Å². The fourth-order valence-electron chi connectivity index (χ4n) is 14.6. The number of fused-ring (bicyclic) bond motifs is 2. The number of nitrogens with zero attached hydrogens (tertiary/aromatic N) is 4. The van der Waals surface area contributed by atoms with E-state index in [4.69, 9.17) is 39.1 Å². The van der Waals surface area contributed by atoms with Crippen LogP contribution in [-0.2, 0) is 91.1 Å². The van der Waals surface area contributed by atoms with Gasteiger partial charge in [0.1, 0.15) is 35.4 Å². The number of carboxylic acids is 1. The molecule has 3 heterocycles. The summed E-state index contributed by atoms with van der Waals surface area (Å²) < 4.78 is 33.9. The van der Waals surface area contributed by atoms with Gasteiger partial charge in [0.25, 0.3) is 5.91 Å². The number of hydrogen-bond donors (Lipinski definition) is 10. The lowest BCUT2D eigenvalue weighted by Gasteiger charge is -2.40. The molecule has 7 rings (SSSR count). The van der Waals surface area contributed by atoms with Crippen molar-refractivity contribution in [1.29, 1.82) is 0 Å². The summed E-state index contributed by atoms with van der Waals surface area (Å²) in [5.41, 5.74) is 8.46. The third-order valence-electron chi connectivity index (χ3n) is 22.5. The van der Waals surface area contributed by atoms with Crippen LogP contribution >= 0.6 is 11.3 Å². The van der Waals surface area contributed by atoms with Gasteiger partial charge in [0.2, 0.25) is 41.4 Å². The van der Waals surface area contributed by atoms with Gasteiger partial charge in [0.15, 0.2) is 6.10 Å². The van der Waals surface area contributed by atoms with Crippen molar-refractivity contribution in [2.75, 3.05) is 102 Å². The van der Waals surface area contributed by atoms with Crippen LogP contribution in [0.3, 0.4) is 0 Å². The molecule has 2 aliphatic rings. The first-order chi connectivity index (χ1) is 60.2.